The van der Waals surface area contributed by atoms with E-state index in [0.29, 0.717) is 0 Å². The van der Waals surface area contributed by atoms with Crippen molar-refractivity contribution in [3.63, 3.8) is 0 Å². The minimum absolute atomic E-state index is 1.05. The third kappa shape index (κ3) is 0.581. The lowest BCUT2D eigenvalue weighted by Crippen LogP contribution is -2.20. The van der Waals surface area contributed by atoms with E-state index in [1.807, 2.05) is 0 Å². The van der Waals surface area contributed by atoms with Crippen LogP contribution in [0.2, 0.25) is 23.3 Å². The molecule has 0 amide bonds. The van der Waals surface area contributed by atoms with Crippen molar-refractivity contribution in [2.24, 2.45) is 11.8 Å². The van der Waals surface area contributed by atoms with Gasteiger partial charge in [0.2, 0.25) is 0 Å². The normalized spacial score (nSPS) is 64.7. The van der Waals surface area contributed by atoms with Crippen molar-refractivity contribution >= 4 is 14.6 Å². The van der Waals surface area contributed by atoms with E-state index < -0.39 is 0 Å². The van der Waals surface area contributed by atoms with Gasteiger partial charge in [0.05, 0.1) is 0 Å². The van der Waals surface area contributed by atoms with Crippen molar-refractivity contribution in [1.29, 1.82) is 0 Å². The summed E-state index contributed by atoms with van der Waals surface area (Å²) in [6, 6.07) is 0. The Hall–Kier alpha value is 0.130. The summed E-state index contributed by atoms with van der Waals surface area (Å²) in [7, 11) is 5.43. The van der Waals surface area contributed by atoms with Crippen LogP contribution in [0.5, 0.6) is 0 Å². The molecule has 4 atom stereocenters. The molecule has 4 bridgehead atoms. The van der Waals surface area contributed by atoms with Gasteiger partial charge in [-0.25, -0.2) is 0 Å². The van der Waals surface area contributed by atoms with Crippen molar-refractivity contribution in [3.8, 4) is 0 Å². The molecular formula is C10H14B2. The Bertz CT molecular complexity index is 184. The van der Waals surface area contributed by atoms with Gasteiger partial charge in [-0.2, -0.15) is 0 Å². The summed E-state index contributed by atoms with van der Waals surface area (Å²) in [5, 5.41) is 0. The van der Waals surface area contributed by atoms with Gasteiger partial charge in [0, 0.05) is 0 Å². The Kier molecular flexibility index (Phi) is 1.07. The molecule has 0 nitrogen and oxygen atoms in total. The number of hydrogen-bond donors (Lipinski definition) is 0. The third-order valence-electron chi connectivity index (χ3n) is 5.08. The smallest absolute Gasteiger partial charge is 0.0660 e. The Balaban J connectivity index is 1.77. The first-order chi connectivity index (χ1) is 5.93. The van der Waals surface area contributed by atoms with Gasteiger partial charge in [-0.05, 0) is 11.8 Å². The average Bonchev–Trinajstić information content (AvgIpc) is 2.83. The van der Waals surface area contributed by atoms with Crippen molar-refractivity contribution in [2.75, 3.05) is 0 Å². The first-order valence-corrected chi connectivity index (χ1v) is 5.63. The van der Waals surface area contributed by atoms with Crippen LogP contribution in [-0.2, 0) is 0 Å². The van der Waals surface area contributed by atoms with E-state index in [1.54, 1.807) is 0 Å². The van der Waals surface area contributed by atoms with E-state index in [2.05, 4.69) is 14.6 Å². The molecule has 12 heavy (non-hydrogen) atoms. The predicted molar refractivity (Wildman–Crippen MR) is 52.0 cm³/mol. The molecule has 0 aliphatic carbocycles. The molecule has 4 aliphatic rings. The molecule has 2 heteroatoms. The molecule has 0 saturated carbocycles. The molecule has 2 radical (unpaired) electrons. The van der Waals surface area contributed by atoms with Crippen LogP contribution in [0.4, 0.5) is 0 Å². The zero-order valence-electron chi connectivity index (χ0n) is 7.45. The lowest BCUT2D eigenvalue weighted by molar-refractivity contribution is 0.236. The molecule has 4 aliphatic heterocycles. The Morgan fingerprint density at radius 2 is 0.917 bits per heavy atom. The number of fused-ring (bicyclic) bond motifs is 9. The van der Waals surface area contributed by atoms with E-state index in [1.165, 1.54) is 25.7 Å². The third-order valence-corrected chi connectivity index (χ3v) is 5.08. The van der Waals surface area contributed by atoms with Crippen molar-refractivity contribution in [2.45, 2.75) is 49.0 Å². The van der Waals surface area contributed by atoms with Gasteiger partial charge in [0.15, 0.2) is 0 Å². The maximum Gasteiger partial charge on any atom is 0.118 e. The van der Waals surface area contributed by atoms with Crippen LogP contribution < -0.4 is 0 Å². The van der Waals surface area contributed by atoms with Crippen LogP contribution in [-0.4, -0.2) is 14.6 Å². The van der Waals surface area contributed by atoms with Gasteiger partial charge in [0.1, 0.15) is 14.6 Å². The summed E-state index contributed by atoms with van der Waals surface area (Å²) in [6.45, 7) is 0. The fraction of sp³-hybridized carbons (Fsp3) is 1.00. The molecule has 4 heterocycles. The zero-order chi connectivity index (χ0) is 7.71. The van der Waals surface area contributed by atoms with E-state index in [0.717, 1.165) is 35.1 Å². The highest BCUT2D eigenvalue weighted by molar-refractivity contribution is 6.48. The molecule has 0 aromatic heterocycles. The number of hydrogen-bond acceptors (Lipinski definition) is 0. The summed E-state index contributed by atoms with van der Waals surface area (Å²) in [4.78, 5) is 0. The summed E-state index contributed by atoms with van der Waals surface area (Å²) in [5.41, 5.74) is 0. The van der Waals surface area contributed by atoms with E-state index >= 15 is 0 Å². The Morgan fingerprint density at radius 3 is 1.25 bits per heavy atom. The number of rotatable bonds is 0. The van der Waals surface area contributed by atoms with Crippen molar-refractivity contribution < 1.29 is 0 Å². The highest BCUT2D eigenvalue weighted by Crippen LogP contribution is 2.70. The fourth-order valence-electron chi connectivity index (χ4n) is 4.85. The van der Waals surface area contributed by atoms with Crippen molar-refractivity contribution in [1.82, 2.24) is 0 Å². The molecule has 0 N–H and O–H groups in total. The van der Waals surface area contributed by atoms with Gasteiger partial charge in [-0.15, -0.1) is 0 Å². The summed E-state index contributed by atoms with van der Waals surface area (Å²) < 4.78 is 0. The average molecular weight is 156 g/mol. The molecular weight excluding hydrogens is 142 g/mol. The molecule has 4 unspecified atom stereocenters. The second-order valence-corrected chi connectivity index (χ2v) is 5.35. The van der Waals surface area contributed by atoms with Gasteiger partial charge in [0.25, 0.3) is 0 Å². The second-order valence-electron chi connectivity index (χ2n) is 5.35. The molecule has 0 spiro atoms. The standard InChI is InChI=1S/C10H14B2/c1-2-6-10-8-4-3-7(12-8)9(10)5(1)11-6/h5-10H,1-4H2. The lowest BCUT2D eigenvalue weighted by atomic mass is 9.55. The highest BCUT2D eigenvalue weighted by atomic mass is 14.5. The van der Waals surface area contributed by atoms with E-state index in [9.17, 15) is 0 Å². The monoisotopic (exact) mass is 156 g/mol. The fourth-order valence-corrected chi connectivity index (χ4v) is 4.85. The van der Waals surface area contributed by atoms with Crippen LogP contribution in [0, 0.1) is 11.8 Å². The van der Waals surface area contributed by atoms with E-state index in [-0.39, 0.29) is 0 Å². The van der Waals surface area contributed by atoms with Crippen molar-refractivity contribution in [3.05, 3.63) is 0 Å². The van der Waals surface area contributed by atoms with Crippen LogP contribution in [0.25, 0.3) is 0 Å². The van der Waals surface area contributed by atoms with Gasteiger partial charge in [-0.3, -0.25) is 0 Å². The first-order valence-electron chi connectivity index (χ1n) is 5.63. The largest absolute Gasteiger partial charge is 0.118 e. The SMILES string of the molecule is [B]1C2CCC1C1C3[B]C(CC3)C21. The molecule has 0 aromatic rings. The Morgan fingerprint density at radius 1 is 0.583 bits per heavy atom. The van der Waals surface area contributed by atoms with Crippen LogP contribution in [0.15, 0.2) is 0 Å². The van der Waals surface area contributed by atoms with Crippen LogP contribution >= 0.6 is 0 Å². The Labute approximate surface area is 76.0 Å². The zero-order valence-corrected chi connectivity index (χ0v) is 7.45. The lowest BCUT2D eigenvalue weighted by Gasteiger charge is -2.36. The summed E-state index contributed by atoms with van der Waals surface area (Å²) in [6.07, 6.45) is 6.12. The summed E-state index contributed by atoms with van der Waals surface area (Å²) >= 11 is 0. The maximum absolute atomic E-state index is 2.72. The minimum atomic E-state index is 1.05. The van der Waals surface area contributed by atoms with Gasteiger partial charge < -0.3 is 0 Å². The minimum Gasteiger partial charge on any atom is -0.0660 e. The molecule has 4 saturated heterocycles. The molecule has 0 aromatic carbocycles. The van der Waals surface area contributed by atoms with Crippen LogP contribution in [0.3, 0.4) is 0 Å². The highest BCUT2D eigenvalue weighted by Gasteiger charge is 2.59. The quantitative estimate of drug-likeness (QED) is 0.472. The van der Waals surface area contributed by atoms with Gasteiger partial charge in [-0.1, -0.05) is 49.0 Å². The topological polar surface area (TPSA) is 0 Å². The molecule has 60 valence electrons. The van der Waals surface area contributed by atoms with Gasteiger partial charge >= 0.3 is 0 Å². The summed E-state index contributed by atoms with van der Waals surface area (Å²) in [5.74, 6) is 6.45. The van der Waals surface area contributed by atoms with E-state index in [4.69, 9.17) is 0 Å². The molecule has 4 fully saturated rings. The maximum atomic E-state index is 2.72. The first kappa shape index (κ1) is 6.56. The predicted octanol–water partition coefficient (Wildman–Crippen LogP) is 2.40. The second kappa shape index (κ2) is 1.96. The molecule has 4 rings (SSSR count). The van der Waals surface area contributed by atoms with Crippen LogP contribution in [0.1, 0.15) is 25.7 Å².